The molecule has 0 spiro atoms. The fourth-order valence-electron chi connectivity index (χ4n) is 2.44. The van der Waals surface area contributed by atoms with Crippen LogP contribution in [0.3, 0.4) is 0 Å². The van der Waals surface area contributed by atoms with Gasteiger partial charge in [0.2, 0.25) is 0 Å². The Hall–Kier alpha value is -2.34. The van der Waals surface area contributed by atoms with E-state index < -0.39 is 0 Å². The standard InChI is InChI=1S/C19H23FN2O2S/c1-13-9-17(23-3)18(24-4)10-15(13)12-22(2)19(25)21-11-14-5-7-16(20)8-6-14/h5-10H,11-12H2,1-4H3,(H,21,25). The summed E-state index contributed by atoms with van der Waals surface area (Å²) in [5.41, 5.74) is 3.18. The van der Waals surface area contributed by atoms with Crippen molar-refractivity contribution in [2.24, 2.45) is 0 Å². The number of ether oxygens (including phenoxy) is 2. The first kappa shape index (κ1) is 19.0. The molecule has 0 aliphatic heterocycles. The first-order valence-corrected chi connectivity index (χ1v) is 8.30. The minimum atomic E-state index is -0.243. The summed E-state index contributed by atoms with van der Waals surface area (Å²) in [5, 5.41) is 3.81. The van der Waals surface area contributed by atoms with E-state index in [9.17, 15) is 4.39 Å². The van der Waals surface area contributed by atoms with Gasteiger partial charge in [0.05, 0.1) is 14.2 Å². The van der Waals surface area contributed by atoms with Crippen LogP contribution in [0.1, 0.15) is 16.7 Å². The number of methoxy groups -OCH3 is 2. The molecule has 25 heavy (non-hydrogen) atoms. The van der Waals surface area contributed by atoms with E-state index in [2.05, 4.69) is 5.32 Å². The van der Waals surface area contributed by atoms with Crippen molar-refractivity contribution in [1.82, 2.24) is 10.2 Å². The number of aryl methyl sites for hydroxylation is 1. The maximum atomic E-state index is 12.9. The molecular weight excluding hydrogens is 339 g/mol. The molecule has 0 radical (unpaired) electrons. The van der Waals surface area contributed by atoms with Gasteiger partial charge in [-0.2, -0.15) is 0 Å². The highest BCUT2D eigenvalue weighted by molar-refractivity contribution is 7.80. The van der Waals surface area contributed by atoms with Gasteiger partial charge in [-0.05, 0) is 60.1 Å². The van der Waals surface area contributed by atoms with Crippen molar-refractivity contribution >= 4 is 17.3 Å². The van der Waals surface area contributed by atoms with Crippen molar-refractivity contribution in [3.8, 4) is 11.5 Å². The number of hydrogen-bond donors (Lipinski definition) is 1. The second-order valence-electron chi connectivity index (χ2n) is 5.77. The first-order chi connectivity index (χ1) is 11.9. The smallest absolute Gasteiger partial charge is 0.169 e. The molecular formula is C19H23FN2O2S. The van der Waals surface area contributed by atoms with Gasteiger partial charge in [-0.15, -0.1) is 0 Å². The summed E-state index contributed by atoms with van der Waals surface area (Å²) < 4.78 is 23.6. The highest BCUT2D eigenvalue weighted by Gasteiger charge is 2.12. The molecule has 1 N–H and O–H groups in total. The predicted molar refractivity (Wildman–Crippen MR) is 102 cm³/mol. The van der Waals surface area contributed by atoms with Crippen molar-refractivity contribution in [1.29, 1.82) is 0 Å². The Labute approximate surface area is 153 Å². The Bertz CT molecular complexity index is 735. The summed E-state index contributed by atoms with van der Waals surface area (Å²) in [6.45, 7) is 3.22. The molecule has 0 atom stereocenters. The molecule has 0 aliphatic rings. The van der Waals surface area contributed by atoms with E-state index in [4.69, 9.17) is 21.7 Å². The molecule has 0 bridgehead atoms. The molecule has 0 saturated carbocycles. The molecule has 134 valence electrons. The number of thiocarbonyl (C=S) groups is 1. The minimum Gasteiger partial charge on any atom is -0.493 e. The highest BCUT2D eigenvalue weighted by atomic mass is 32.1. The minimum absolute atomic E-state index is 0.243. The lowest BCUT2D eigenvalue weighted by Gasteiger charge is -2.23. The molecule has 0 heterocycles. The van der Waals surface area contributed by atoms with Gasteiger partial charge in [0.25, 0.3) is 0 Å². The second-order valence-corrected chi connectivity index (χ2v) is 6.16. The molecule has 0 unspecified atom stereocenters. The number of nitrogens with one attached hydrogen (secondary N) is 1. The Morgan fingerprint density at radius 1 is 1.12 bits per heavy atom. The molecule has 2 aromatic rings. The lowest BCUT2D eigenvalue weighted by Crippen LogP contribution is -2.36. The average molecular weight is 362 g/mol. The van der Waals surface area contributed by atoms with E-state index >= 15 is 0 Å². The van der Waals surface area contributed by atoms with Crippen molar-refractivity contribution in [2.75, 3.05) is 21.3 Å². The number of benzene rings is 2. The summed E-state index contributed by atoms with van der Waals surface area (Å²) in [5.74, 6) is 1.16. The van der Waals surface area contributed by atoms with Gasteiger partial charge in [-0.1, -0.05) is 12.1 Å². The van der Waals surface area contributed by atoms with Crippen LogP contribution in [0.15, 0.2) is 36.4 Å². The largest absolute Gasteiger partial charge is 0.493 e. The summed E-state index contributed by atoms with van der Waals surface area (Å²) in [4.78, 5) is 1.95. The van der Waals surface area contributed by atoms with E-state index in [1.54, 1.807) is 26.4 Å². The average Bonchev–Trinajstić information content (AvgIpc) is 2.62. The van der Waals surface area contributed by atoms with E-state index in [-0.39, 0.29) is 5.82 Å². The summed E-state index contributed by atoms with van der Waals surface area (Å²) >= 11 is 5.44. The predicted octanol–water partition coefficient (Wildman–Crippen LogP) is 3.66. The van der Waals surface area contributed by atoms with Gasteiger partial charge < -0.3 is 19.7 Å². The number of nitrogens with zero attached hydrogens (tertiary/aromatic N) is 1. The molecule has 0 aliphatic carbocycles. The molecule has 2 rings (SSSR count). The molecule has 0 saturated heterocycles. The lowest BCUT2D eigenvalue weighted by molar-refractivity contribution is 0.353. The van der Waals surface area contributed by atoms with Crippen LogP contribution in [0.5, 0.6) is 11.5 Å². The molecule has 2 aromatic carbocycles. The molecule has 0 amide bonds. The van der Waals surface area contributed by atoms with Crippen molar-refractivity contribution in [3.63, 3.8) is 0 Å². The fraction of sp³-hybridized carbons (Fsp3) is 0.316. The number of rotatable bonds is 6. The third-order valence-corrected chi connectivity index (χ3v) is 4.41. The topological polar surface area (TPSA) is 33.7 Å². The van der Waals surface area contributed by atoms with Crippen LogP contribution < -0.4 is 14.8 Å². The zero-order valence-corrected chi connectivity index (χ0v) is 15.7. The van der Waals surface area contributed by atoms with Gasteiger partial charge in [-0.3, -0.25) is 0 Å². The number of halogens is 1. The molecule has 6 heteroatoms. The molecule has 0 aromatic heterocycles. The van der Waals surface area contributed by atoms with Gasteiger partial charge >= 0.3 is 0 Å². The maximum absolute atomic E-state index is 12.9. The second kappa shape index (κ2) is 8.67. The third kappa shape index (κ3) is 5.06. The van der Waals surface area contributed by atoms with E-state index in [1.165, 1.54) is 12.1 Å². The zero-order valence-electron chi connectivity index (χ0n) is 14.9. The normalized spacial score (nSPS) is 10.3. The Morgan fingerprint density at radius 3 is 2.32 bits per heavy atom. The van der Waals surface area contributed by atoms with Crippen LogP contribution in [0.25, 0.3) is 0 Å². The van der Waals surface area contributed by atoms with Crippen LogP contribution >= 0.6 is 12.2 Å². The van der Waals surface area contributed by atoms with Gasteiger partial charge in [0.1, 0.15) is 5.82 Å². The molecule has 4 nitrogen and oxygen atoms in total. The SMILES string of the molecule is COc1cc(C)c(CN(C)C(=S)NCc2ccc(F)cc2)cc1OC. The maximum Gasteiger partial charge on any atom is 0.169 e. The quantitative estimate of drug-likeness (QED) is 0.793. The lowest BCUT2D eigenvalue weighted by atomic mass is 10.1. The van der Waals surface area contributed by atoms with Crippen molar-refractivity contribution in [3.05, 3.63) is 58.9 Å². The fourth-order valence-corrected chi connectivity index (χ4v) is 2.57. The van der Waals surface area contributed by atoms with Crippen molar-refractivity contribution < 1.29 is 13.9 Å². The monoisotopic (exact) mass is 362 g/mol. The molecule has 0 fully saturated rings. The van der Waals surface area contributed by atoms with Gasteiger partial charge in [0, 0.05) is 20.1 Å². The van der Waals surface area contributed by atoms with E-state index in [0.717, 1.165) is 16.7 Å². The summed E-state index contributed by atoms with van der Waals surface area (Å²) in [7, 11) is 5.17. The van der Waals surface area contributed by atoms with Crippen LogP contribution in [-0.2, 0) is 13.1 Å². The van der Waals surface area contributed by atoms with Gasteiger partial charge in [-0.25, -0.2) is 4.39 Å². The van der Waals surface area contributed by atoms with Crippen LogP contribution in [0.2, 0.25) is 0 Å². The first-order valence-electron chi connectivity index (χ1n) is 7.89. The Morgan fingerprint density at radius 2 is 1.72 bits per heavy atom. The summed E-state index contributed by atoms with van der Waals surface area (Å²) in [6.07, 6.45) is 0. The Kier molecular flexibility index (Phi) is 6.58. The van der Waals surface area contributed by atoms with Crippen LogP contribution in [0.4, 0.5) is 4.39 Å². The zero-order chi connectivity index (χ0) is 18.4. The Balaban J connectivity index is 1.99. The van der Waals surface area contributed by atoms with Crippen LogP contribution in [0, 0.1) is 12.7 Å². The van der Waals surface area contributed by atoms with Crippen LogP contribution in [-0.4, -0.2) is 31.3 Å². The van der Waals surface area contributed by atoms with Gasteiger partial charge in [0.15, 0.2) is 16.6 Å². The van der Waals surface area contributed by atoms with E-state index in [1.807, 2.05) is 31.0 Å². The van der Waals surface area contributed by atoms with E-state index in [0.29, 0.717) is 29.7 Å². The highest BCUT2D eigenvalue weighted by Crippen LogP contribution is 2.30. The van der Waals surface area contributed by atoms with Crippen molar-refractivity contribution in [2.45, 2.75) is 20.0 Å². The third-order valence-electron chi connectivity index (χ3n) is 3.95. The summed E-state index contributed by atoms with van der Waals surface area (Å²) in [6, 6.07) is 10.3. The number of hydrogen-bond acceptors (Lipinski definition) is 3.